The molecule has 0 spiro atoms. The number of carbonyl (C=O) groups excluding carboxylic acids is 1. The average molecular weight is 111 g/mol. The lowest BCUT2D eigenvalue weighted by Crippen LogP contribution is -1.89. The van der Waals surface area contributed by atoms with Gasteiger partial charge in [-0.3, -0.25) is 4.79 Å². The number of nitrogens with one attached hydrogen (secondary N) is 1. The van der Waals surface area contributed by atoms with E-state index in [4.69, 9.17) is 0 Å². The van der Waals surface area contributed by atoms with Crippen LogP contribution in [0.2, 0.25) is 0 Å². The van der Waals surface area contributed by atoms with E-state index in [1.54, 1.807) is 6.07 Å². The van der Waals surface area contributed by atoms with Crippen molar-refractivity contribution in [2.24, 2.45) is 0 Å². The van der Waals surface area contributed by atoms with Crippen LogP contribution < -0.4 is 5.32 Å². The Morgan fingerprint density at radius 2 is 2.62 bits per heavy atom. The van der Waals surface area contributed by atoms with Gasteiger partial charge in [0.2, 0.25) is 6.41 Å². The highest BCUT2D eigenvalue weighted by atomic mass is 16.3. The van der Waals surface area contributed by atoms with Gasteiger partial charge in [-0.15, -0.1) is 0 Å². The van der Waals surface area contributed by atoms with Crippen molar-refractivity contribution in [1.29, 1.82) is 0 Å². The SMILES string of the molecule is O=CNc1ccoc1. The fourth-order valence-electron chi connectivity index (χ4n) is 0.415. The minimum Gasteiger partial charge on any atom is -0.470 e. The highest BCUT2D eigenvalue weighted by molar-refractivity contribution is 5.70. The van der Waals surface area contributed by atoms with E-state index in [2.05, 4.69) is 9.73 Å². The molecule has 42 valence electrons. The van der Waals surface area contributed by atoms with Gasteiger partial charge in [-0.05, 0) is 6.07 Å². The van der Waals surface area contributed by atoms with E-state index in [1.165, 1.54) is 12.5 Å². The molecule has 0 saturated carbocycles. The number of rotatable bonds is 2. The Bertz CT molecular complexity index is 157. The third-order valence-corrected chi connectivity index (χ3v) is 0.747. The van der Waals surface area contributed by atoms with Crippen molar-refractivity contribution >= 4 is 12.1 Å². The molecule has 0 aliphatic heterocycles. The van der Waals surface area contributed by atoms with Crippen LogP contribution >= 0.6 is 0 Å². The quantitative estimate of drug-likeness (QED) is 0.575. The summed E-state index contributed by atoms with van der Waals surface area (Å²) in [6, 6.07) is 1.66. The molecule has 0 aromatic carbocycles. The maximum Gasteiger partial charge on any atom is 0.211 e. The molecule has 3 nitrogen and oxygen atoms in total. The lowest BCUT2D eigenvalue weighted by molar-refractivity contribution is -0.105. The van der Waals surface area contributed by atoms with E-state index in [0.717, 1.165) is 0 Å². The number of anilines is 1. The topological polar surface area (TPSA) is 42.2 Å². The molecule has 0 atom stereocenters. The minimum absolute atomic E-state index is 0.602. The van der Waals surface area contributed by atoms with E-state index < -0.39 is 0 Å². The molecule has 0 aliphatic carbocycles. The Kier molecular flexibility index (Phi) is 1.32. The van der Waals surface area contributed by atoms with Crippen LogP contribution in [0.25, 0.3) is 0 Å². The molecular weight excluding hydrogens is 106 g/mol. The van der Waals surface area contributed by atoms with Crippen LogP contribution in [-0.4, -0.2) is 6.41 Å². The van der Waals surface area contributed by atoms with Gasteiger partial charge >= 0.3 is 0 Å². The molecule has 1 amide bonds. The molecule has 0 radical (unpaired) electrons. The molecule has 1 N–H and O–H groups in total. The number of furan rings is 1. The van der Waals surface area contributed by atoms with Crippen LogP contribution in [0.3, 0.4) is 0 Å². The molecular formula is C5H5NO2. The van der Waals surface area contributed by atoms with Crippen molar-refractivity contribution in [1.82, 2.24) is 0 Å². The molecule has 0 saturated heterocycles. The fraction of sp³-hybridized carbons (Fsp3) is 0. The highest BCUT2D eigenvalue weighted by Crippen LogP contribution is 2.03. The summed E-state index contributed by atoms with van der Waals surface area (Å²) in [5.74, 6) is 0. The first-order valence-electron chi connectivity index (χ1n) is 2.16. The first-order valence-corrected chi connectivity index (χ1v) is 2.16. The van der Waals surface area contributed by atoms with Gasteiger partial charge in [0, 0.05) is 0 Å². The molecule has 1 heterocycles. The van der Waals surface area contributed by atoms with Gasteiger partial charge in [-0.25, -0.2) is 0 Å². The van der Waals surface area contributed by atoms with Crippen LogP contribution in [0.4, 0.5) is 5.69 Å². The highest BCUT2D eigenvalue weighted by Gasteiger charge is 1.85. The summed E-state index contributed by atoms with van der Waals surface area (Å²) in [4.78, 5) is 9.72. The van der Waals surface area contributed by atoms with E-state index >= 15 is 0 Å². The smallest absolute Gasteiger partial charge is 0.211 e. The van der Waals surface area contributed by atoms with Crippen LogP contribution in [0.1, 0.15) is 0 Å². The zero-order chi connectivity index (χ0) is 5.82. The normalized spacial score (nSPS) is 8.50. The first-order chi connectivity index (χ1) is 3.93. The van der Waals surface area contributed by atoms with Gasteiger partial charge < -0.3 is 9.73 Å². The summed E-state index contributed by atoms with van der Waals surface area (Å²) in [5, 5.41) is 2.41. The van der Waals surface area contributed by atoms with E-state index in [0.29, 0.717) is 12.1 Å². The van der Waals surface area contributed by atoms with Crippen LogP contribution in [0, 0.1) is 0 Å². The van der Waals surface area contributed by atoms with Crippen molar-refractivity contribution in [3.63, 3.8) is 0 Å². The van der Waals surface area contributed by atoms with Crippen molar-refractivity contribution in [3.05, 3.63) is 18.6 Å². The van der Waals surface area contributed by atoms with E-state index in [9.17, 15) is 4.79 Å². The summed E-state index contributed by atoms with van der Waals surface area (Å²) in [5.41, 5.74) is 0.681. The van der Waals surface area contributed by atoms with Crippen molar-refractivity contribution in [3.8, 4) is 0 Å². The van der Waals surface area contributed by atoms with Crippen molar-refractivity contribution in [2.45, 2.75) is 0 Å². The molecule has 8 heavy (non-hydrogen) atoms. The Hall–Kier alpha value is -1.25. The standard InChI is InChI=1S/C5H5NO2/c7-4-6-5-1-2-8-3-5/h1-4H,(H,6,7). The van der Waals surface area contributed by atoms with Crippen LogP contribution in [-0.2, 0) is 4.79 Å². The van der Waals surface area contributed by atoms with Crippen LogP contribution in [0.5, 0.6) is 0 Å². The maximum absolute atomic E-state index is 9.72. The van der Waals surface area contributed by atoms with E-state index in [-0.39, 0.29) is 0 Å². The second-order valence-electron chi connectivity index (χ2n) is 1.27. The van der Waals surface area contributed by atoms with Gasteiger partial charge in [0.1, 0.15) is 6.26 Å². The molecule has 0 aliphatic rings. The Labute approximate surface area is 46.3 Å². The lowest BCUT2D eigenvalue weighted by Gasteiger charge is -1.83. The third-order valence-electron chi connectivity index (χ3n) is 0.747. The number of carbonyl (C=O) groups is 1. The molecule has 1 aromatic rings. The molecule has 0 bridgehead atoms. The van der Waals surface area contributed by atoms with E-state index in [1.807, 2.05) is 0 Å². The van der Waals surface area contributed by atoms with Gasteiger partial charge in [-0.2, -0.15) is 0 Å². The first kappa shape index (κ1) is 4.90. The largest absolute Gasteiger partial charge is 0.470 e. The van der Waals surface area contributed by atoms with Crippen LogP contribution in [0.15, 0.2) is 23.0 Å². The molecule has 3 heteroatoms. The molecule has 0 fully saturated rings. The second kappa shape index (κ2) is 2.16. The summed E-state index contributed by atoms with van der Waals surface area (Å²) in [6.45, 7) is 0. The van der Waals surface area contributed by atoms with Crippen molar-refractivity contribution < 1.29 is 9.21 Å². The zero-order valence-electron chi connectivity index (χ0n) is 4.13. The summed E-state index contributed by atoms with van der Waals surface area (Å²) in [7, 11) is 0. The monoisotopic (exact) mass is 111 g/mol. The fourth-order valence-corrected chi connectivity index (χ4v) is 0.415. The Morgan fingerprint density at radius 3 is 3.12 bits per heavy atom. The maximum atomic E-state index is 9.72. The minimum atomic E-state index is 0.602. The van der Waals surface area contributed by atoms with Gasteiger partial charge in [-0.1, -0.05) is 0 Å². The predicted molar refractivity (Wildman–Crippen MR) is 28.4 cm³/mol. The molecule has 1 rings (SSSR count). The summed E-state index contributed by atoms with van der Waals surface area (Å²) < 4.78 is 4.65. The van der Waals surface area contributed by atoms with Gasteiger partial charge in [0.15, 0.2) is 0 Å². The second-order valence-corrected chi connectivity index (χ2v) is 1.27. The number of amides is 1. The average Bonchev–Trinajstić information content (AvgIpc) is 2.19. The van der Waals surface area contributed by atoms with Gasteiger partial charge in [0.05, 0.1) is 12.0 Å². The molecule has 1 aromatic heterocycles. The van der Waals surface area contributed by atoms with Crippen molar-refractivity contribution in [2.75, 3.05) is 5.32 Å². The number of hydrogen-bond donors (Lipinski definition) is 1. The Balaban J connectivity index is 2.62. The van der Waals surface area contributed by atoms with Gasteiger partial charge in [0.25, 0.3) is 0 Å². The Morgan fingerprint density at radius 1 is 1.75 bits per heavy atom. The molecule has 0 unspecified atom stereocenters. The third kappa shape index (κ3) is 0.872. The number of hydrogen-bond acceptors (Lipinski definition) is 2. The zero-order valence-corrected chi connectivity index (χ0v) is 4.13. The predicted octanol–water partition coefficient (Wildman–Crippen LogP) is 0.848. The summed E-state index contributed by atoms with van der Waals surface area (Å²) in [6.07, 6.45) is 3.55. The lowest BCUT2D eigenvalue weighted by atomic mass is 10.5. The summed E-state index contributed by atoms with van der Waals surface area (Å²) >= 11 is 0.